The van der Waals surface area contributed by atoms with Gasteiger partial charge in [0.1, 0.15) is 6.54 Å². The number of carboxylic acids is 1. The summed E-state index contributed by atoms with van der Waals surface area (Å²) in [4.78, 5) is 34.2. The number of benzene rings is 1. The van der Waals surface area contributed by atoms with Crippen LogP contribution in [0.3, 0.4) is 0 Å². The molecule has 0 atom stereocenters. The Hall–Kier alpha value is -2.37. The largest absolute Gasteiger partial charge is 0.480 e. The van der Waals surface area contributed by atoms with Crippen LogP contribution in [-0.2, 0) is 9.59 Å². The molecule has 22 heavy (non-hydrogen) atoms. The van der Waals surface area contributed by atoms with Gasteiger partial charge in [-0.1, -0.05) is 19.3 Å². The summed E-state index contributed by atoms with van der Waals surface area (Å²) in [6.07, 6.45) is 5.26. The Labute approximate surface area is 128 Å². The van der Waals surface area contributed by atoms with Crippen molar-refractivity contribution in [2.45, 2.75) is 32.1 Å². The lowest BCUT2D eigenvalue weighted by molar-refractivity contribution is -0.135. The van der Waals surface area contributed by atoms with E-state index in [0.717, 1.165) is 25.7 Å². The molecule has 1 aliphatic carbocycles. The third kappa shape index (κ3) is 4.58. The van der Waals surface area contributed by atoms with E-state index in [2.05, 4.69) is 10.6 Å². The Morgan fingerprint density at radius 3 is 2.27 bits per heavy atom. The molecule has 0 bridgehead atoms. The molecule has 118 valence electrons. The van der Waals surface area contributed by atoms with Crippen molar-refractivity contribution in [3.05, 3.63) is 29.8 Å². The molecule has 6 nitrogen and oxygen atoms in total. The fraction of sp³-hybridized carbons (Fsp3) is 0.438. The molecule has 1 aliphatic rings. The van der Waals surface area contributed by atoms with Crippen molar-refractivity contribution < 1.29 is 19.5 Å². The standard InChI is InChI=1S/C16H20N2O4/c19-14(20)10-17-15(21)12-6-8-13(9-7-12)18-16(22)11-4-2-1-3-5-11/h6-9,11H,1-5,10H2,(H,17,21)(H,18,22)(H,19,20). The van der Waals surface area contributed by atoms with E-state index in [1.54, 1.807) is 24.3 Å². The van der Waals surface area contributed by atoms with E-state index in [1.807, 2.05) is 0 Å². The zero-order valence-corrected chi connectivity index (χ0v) is 12.3. The van der Waals surface area contributed by atoms with Crippen LogP contribution in [-0.4, -0.2) is 29.4 Å². The van der Waals surface area contributed by atoms with Gasteiger partial charge in [0.25, 0.3) is 5.91 Å². The lowest BCUT2D eigenvalue weighted by Gasteiger charge is -2.20. The zero-order chi connectivity index (χ0) is 15.9. The average molecular weight is 304 g/mol. The molecule has 0 radical (unpaired) electrons. The predicted molar refractivity (Wildman–Crippen MR) is 81.6 cm³/mol. The predicted octanol–water partition coefficient (Wildman–Crippen LogP) is 2.02. The summed E-state index contributed by atoms with van der Waals surface area (Å²) in [5.74, 6) is -1.44. The van der Waals surface area contributed by atoms with Crippen LogP contribution in [0.25, 0.3) is 0 Å². The molecule has 3 N–H and O–H groups in total. The number of rotatable bonds is 5. The third-order valence-corrected chi connectivity index (χ3v) is 3.79. The van der Waals surface area contributed by atoms with Crippen LogP contribution in [0.2, 0.25) is 0 Å². The maximum atomic E-state index is 12.1. The first-order valence-electron chi connectivity index (χ1n) is 7.47. The van der Waals surface area contributed by atoms with Gasteiger partial charge in [-0.25, -0.2) is 0 Å². The van der Waals surface area contributed by atoms with Gasteiger partial charge in [-0.3, -0.25) is 14.4 Å². The molecule has 1 saturated carbocycles. The van der Waals surface area contributed by atoms with Crippen molar-refractivity contribution in [1.82, 2.24) is 5.32 Å². The molecule has 0 aliphatic heterocycles. The van der Waals surface area contributed by atoms with Gasteiger partial charge < -0.3 is 15.7 Å². The van der Waals surface area contributed by atoms with Crippen LogP contribution in [0.1, 0.15) is 42.5 Å². The number of amides is 2. The number of hydrogen-bond acceptors (Lipinski definition) is 3. The number of carboxylic acid groups (broad SMARTS) is 1. The number of nitrogens with one attached hydrogen (secondary N) is 2. The molecule has 1 aromatic rings. The maximum Gasteiger partial charge on any atom is 0.322 e. The summed E-state index contributed by atoms with van der Waals surface area (Å²) in [6.45, 7) is -0.418. The Bertz CT molecular complexity index is 548. The minimum Gasteiger partial charge on any atom is -0.480 e. The van der Waals surface area contributed by atoms with E-state index in [-0.39, 0.29) is 11.8 Å². The van der Waals surface area contributed by atoms with Crippen LogP contribution < -0.4 is 10.6 Å². The lowest BCUT2D eigenvalue weighted by atomic mass is 9.88. The van der Waals surface area contributed by atoms with Gasteiger partial charge in [0.2, 0.25) is 5.91 Å². The Morgan fingerprint density at radius 1 is 1.05 bits per heavy atom. The zero-order valence-electron chi connectivity index (χ0n) is 12.3. The first kappa shape index (κ1) is 16.0. The fourth-order valence-corrected chi connectivity index (χ4v) is 2.57. The van der Waals surface area contributed by atoms with Crippen LogP contribution in [0.4, 0.5) is 5.69 Å². The Kier molecular flexibility index (Phi) is 5.52. The summed E-state index contributed by atoms with van der Waals surface area (Å²) >= 11 is 0. The summed E-state index contributed by atoms with van der Waals surface area (Å²) in [6, 6.07) is 6.42. The van der Waals surface area contributed by atoms with E-state index in [4.69, 9.17) is 5.11 Å². The molecule has 0 heterocycles. The van der Waals surface area contributed by atoms with Gasteiger partial charge in [0, 0.05) is 17.2 Å². The number of anilines is 1. The van der Waals surface area contributed by atoms with Gasteiger partial charge in [-0.2, -0.15) is 0 Å². The molecule has 6 heteroatoms. The van der Waals surface area contributed by atoms with E-state index < -0.39 is 18.4 Å². The number of hydrogen-bond donors (Lipinski definition) is 3. The number of carbonyl (C=O) groups is 3. The molecule has 0 aromatic heterocycles. The number of carbonyl (C=O) groups excluding carboxylic acids is 2. The highest BCUT2D eigenvalue weighted by Crippen LogP contribution is 2.25. The molecule has 1 fully saturated rings. The SMILES string of the molecule is O=C(O)CNC(=O)c1ccc(NC(=O)C2CCCCC2)cc1. The third-order valence-electron chi connectivity index (χ3n) is 3.79. The minimum atomic E-state index is -1.09. The molecular formula is C16H20N2O4. The quantitative estimate of drug-likeness (QED) is 0.775. The van der Waals surface area contributed by atoms with Gasteiger partial charge in [0.15, 0.2) is 0 Å². The van der Waals surface area contributed by atoms with E-state index in [9.17, 15) is 14.4 Å². The Morgan fingerprint density at radius 2 is 1.68 bits per heavy atom. The van der Waals surface area contributed by atoms with Crippen molar-refractivity contribution in [1.29, 1.82) is 0 Å². The highest BCUT2D eigenvalue weighted by atomic mass is 16.4. The van der Waals surface area contributed by atoms with Crippen LogP contribution >= 0.6 is 0 Å². The normalized spacial score (nSPS) is 15.1. The lowest BCUT2D eigenvalue weighted by Crippen LogP contribution is -2.29. The molecule has 1 aromatic carbocycles. The summed E-state index contributed by atoms with van der Waals surface area (Å²) < 4.78 is 0. The second kappa shape index (κ2) is 7.59. The van der Waals surface area contributed by atoms with Gasteiger partial charge in [-0.05, 0) is 37.1 Å². The Balaban J connectivity index is 1.89. The van der Waals surface area contributed by atoms with E-state index in [0.29, 0.717) is 11.3 Å². The summed E-state index contributed by atoms with van der Waals surface area (Å²) in [7, 11) is 0. The highest BCUT2D eigenvalue weighted by Gasteiger charge is 2.21. The van der Waals surface area contributed by atoms with Crippen LogP contribution in [0.5, 0.6) is 0 Å². The van der Waals surface area contributed by atoms with Crippen LogP contribution in [0, 0.1) is 5.92 Å². The average Bonchev–Trinajstić information content (AvgIpc) is 2.54. The first-order chi connectivity index (χ1) is 10.6. The van der Waals surface area contributed by atoms with E-state index >= 15 is 0 Å². The fourth-order valence-electron chi connectivity index (χ4n) is 2.57. The van der Waals surface area contributed by atoms with Gasteiger partial charge >= 0.3 is 5.97 Å². The van der Waals surface area contributed by atoms with Crippen molar-refractivity contribution in [3.8, 4) is 0 Å². The van der Waals surface area contributed by atoms with E-state index in [1.165, 1.54) is 6.42 Å². The van der Waals surface area contributed by atoms with Gasteiger partial charge in [0.05, 0.1) is 0 Å². The highest BCUT2D eigenvalue weighted by molar-refractivity contribution is 5.97. The van der Waals surface area contributed by atoms with Crippen LogP contribution in [0.15, 0.2) is 24.3 Å². The first-order valence-corrected chi connectivity index (χ1v) is 7.47. The molecule has 2 amide bonds. The molecule has 0 unspecified atom stereocenters. The smallest absolute Gasteiger partial charge is 0.322 e. The minimum absolute atomic E-state index is 0.0304. The van der Waals surface area contributed by atoms with Gasteiger partial charge in [-0.15, -0.1) is 0 Å². The van der Waals surface area contributed by atoms with Crippen molar-refractivity contribution in [2.24, 2.45) is 5.92 Å². The molecule has 2 rings (SSSR count). The summed E-state index contributed by atoms with van der Waals surface area (Å²) in [5, 5.41) is 13.7. The number of aliphatic carboxylic acids is 1. The van der Waals surface area contributed by atoms with Crippen molar-refractivity contribution in [3.63, 3.8) is 0 Å². The second-order valence-corrected chi connectivity index (χ2v) is 5.48. The molecular weight excluding hydrogens is 284 g/mol. The van der Waals surface area contributed by atoms with Crippen molar-refractivity contribution in [2.75, 3.05) is 11.9 Å². The molecule has 0 saturated heterocycles. The molecule has 0 spiro atoms. The summed E-state index contributed by atoms with van der Waals surface area (Å²) in [5.41, 5.74) is 1.00. The van der Waals surface area contributed by atoms with Crippen molar-refractivity contribution >= 4 is 23.5 Å². The monoisotopic (exact) mass is 304 g/mol. The second-order valence-electron chi connectivity index (χ2n) is 5.48. The topological polar surface area (TPSA) is 95.5 Å². The maximum absolute atomic E-state index is 12.1.